The van der Waals surface area contributed by atoms with E-state index in [1.54, 1.807) is 0 Å². The Morgan fingerprint density at radius 2 is 1.71 bits per heavy atom. The van der Waals surface area contributed by atoms with E-state index in [0.717, 1.165) is 37.6 Å². The van der Waals surface area contributed by atoms with Crippen LogP contribution in [0.4, 0.5) is 11.8 Å². The topological polar surface area (TPSA) is 53.1 Å². The van der Waals surface area contributed by atoms with Gasteiger partial charge in [-0.25, -0.2) is 4.98 Å². The second-order valence-corrected chi connectivity index (χ2v) is 6.00. The Morgan fingerprint density at radius 1 is 1.05 bits per heavy atom. The summed E-state index contributed by atoms with van der Waals surface area (Å²) in [6, 6.07) is 3.10. The molecule has 1 aromatic heterocycles. The summed E-state index contributed by atoms with van der Waals surface area (Å²) in [4.78, 5) is 11.4. The minimum atomic E-state index is 0.556. The molecule has 0 fully saturated rings. The smallest absolute Gasteiger partial charge is 0.224 e. The van der Waals surface area contributed by atoms with Crippen molar-refractivity contribution < 1.29 is 0 Å². The summed E-state index contributed by atoms with van der Waals surface area (Å²) in [5.41, 5.74) is 0.982. The highest BCUT2D eigenvalue weighted by molar-refractivity contribution is 5.42. The second-order valence-electron chi connectivity index (χ2n) is 6.00. The first-order chi connectivity index (χ1) is 9.93. The Balaban J connectivity index is 2.56. The number of aryl methyl sites for hydroxylation is 1. The van der Waals surface area contributed by atoms with Crippen molar-refractivity contribution in [3.05, 3.63) is 11.8 Å². The van der Waals surface area contributed by atoms with Crippen molar-refractivity contribution >= 4 is 11.8 Å². The third-order valence-electron chi connectivity index (χ3n) is 3.39. The number of hydrogen-bond donors (Lipinski definition) is 2. The molecule has 0 spiro atoms. The van der Waals surface area contributed by atoms with Gasteiger partial charge in [-0.15, -0.1) is 0 Å². The van der Waals surface area contributed by atoms with E-state index in [1.165, 1.54) is 0 Å². The quantitative estimate of drug-likeness (QED) is 0.732. The van der Waals surface area contributed by atoms with Crippen LogP contribution < -0.4 is 10.6 Å². The summed E-state index contributed by atoms with van der Waals surface area (Å²) in [6.45, 7) is 15.9. The van der Waals surface area contributed by atoms with Crippen molar-refractivity contribution in [2.45, 2.75) is 60.0 Å². The highest BCUT2D eigenvalue weighted by Gasteiger charge is 2.12. The monoisotopic (exact) mass is 293 g/mol. The van der Waals surface area contributed by atoms with Crippen LogP contribution in [-0.4, -0.2) is 46.6 Å². The maximum Gasteiger partial charge on any atom is 0.224 e. The molecule has 5 heteroatoms. The lowest BCUT2D eigenvalue weighted by molar-refractivity contribution is 0.182. The molecule has 0 radical (unpaired) electrons. The molecule has 0 aromatic carbocycles. The normalized spacial score (nSPS) is 11.5. The van der Waals surface area contributed by atoms with E-state index in [9.17, 15) is 0 Å². The van der Waals surface area contributed by atoms with Crippen LogP contribution in [0.3, 0.4) is 0 Å². The number of rotatable bonds is 9. The molecule has 0 saturated carbocycles. The molecule has 0 bridgehead atoms. The van der Waals surface area contributed by atoms with E-state index in [4.69, 9.17) is 0 Å². The molecule has 0 amide bonds. The van der Waals surface area contributed by atoms with Crippen molar-refractivity contribution in [1.82, 2.24) is 14.9 Å². The van der Waals surface area contributed by atoms with Crippen molar-refractivity contribution in [1.29, 1.82) is 0 Å². The Kier molecular flexibility index (Phi) is 7.43. The molecular formula is C16H31N5. The van der Waals surface area contributed by atoms with Gasteiger partial charge in [-0.2, -0.15) is 4.98 Å². The highest BCUT2D eigenvalue weighted by atomic mass is 15.2. The molecule has 0 aliphatic rings. The average molecular weight is 293 g/mol. The van der Waals surface area contributed by atoms with Gasteiger partial charge in [0.05, 0.1) is 0 Å². The molecule has 21 heavy (non-hydrogen) atoms. The molecule has 1 rings (SSSR count). The Hall–Kier alpha value is -1.36. The van der Waals surface area contributed by atoms with Crippen LogP contribution in [0, 0.1) is 6.92 Å². The van der Waals surface area contributed by atoms with Gasteiger partial charge in [-0.3, -0.25) is 4.90 Å². The maximum atomic E-state index is 4.51. The molecule has 0 aliphatic carbocycles. The van der Waals surface area contributed by atoms with E-state index in [-0.39, 0.29) is 0 Å². The molecule has 0 saturated heterocycles. The summed E-state index contributed by atoms with van der Waals surface area (Å²) in [6.07, 6.45) is 1.07. The molecule has 0 aliphatic heterocycles. The summed E-state index contributed by atoms with van der Waals surface area (Å²) < 4.78 is 0. The molecule has 0 atom stereocenters. The van der Waals surface area contributed by atoms with E-state index in [0.29, 0.717) is 18.0 Å². The SMILES string of the molecule is CCCNc1nc(C)cc(NCCN(C(C)C)C(C)C)n1. The first-order valence-corrected chi connectivity index (χ1v) is 8.03. The fourth-order valence-corrected chi connectivity index (χ4v) is 2.40. The van der Waals surface area contributed by atoms with E-state index in [2.05, 4.69) is 60.1 Å². The summed E-state index contributed by atoms with van der Waals surface area (Å²) in [5, 5.41) is 6.65. The Labute approximate surface area is 129 Å². The van der Waals surface area contributed by atoms with Gasteiger partial charge in [0.15, 0.2) is 0 Å². The Morgan fingerprint density at radius 3 is 2.29 bits per heavy atom. The lowest BCUT2D eigenvalue weighted by Gasteiger charge is -2.30. The molecule has 2 N–H and O–H groups in total. The van der Waals surface area contributed by atoms with E-state index in [1.807, 2.05) is 13.0 Å². The number of aromatic nitrogens is 2. The van der Waals surface area contributed by atoms with E-state index < -0.39 is 0 Å². The van der Waals surface area contributed by atoms with Gasteiger partial charge in [0, 0.05) is 43.5 Å². The third-order valence-corrected chi connectivity index (χ3v) is 3.39. The van der Waals surface area contributed by atoms with Gasteiger partial charge >= 0.3 is 0 Å². The van der Waals surface area contributed by atoms with Gasteiger partial charge in [-0.05, 0) is 41.0 Å². The van der Waals surface area contributed by atoms with Crippen LogP contribution in [0.25, 0.3) is 0 Å². The van der Waals surface area contributed by atoms with Crippen LogP contribution in [-0.2, 0) is 0 Å². The van der Waals surface area contributed by atoms with Gasteiger partial charge in [0.25, 0.3) is 0 Å². The van der Waals surface area contributed by atoms with Crippen LogP contribution in [0.5, 0.6) is 0 Å². The molecule has 120 valence electrons. The summed E-state index contributed by atoms with van der Waals surface area (Å²) in [5.74, 6) is 1.61. The average Bonchev–Trinajstić information content (AvgIpc) is 2.40. The zero-order valence-electron chi connectivity index (χ0n) is 14.4. The van der Waals surface area contributed by atoms with Gasteiger partial charge < -0.3 is 10.6 Å². The fourth-order valence-electron chi connectivity index (χ4n) is 2.40. The standard InChI is InChI=1S/C16H31N5/c1-7-8-18-16-19-14(6)11-15(20-16)17-9-10-21(12(2)3)13(4)5/h11-13H,7-10H2,1-6H3,(H2,17,18,19,20). The summed E-state index contributed by atoms with van der Waals surface area (Å²) in [7, 11) is 0. The predicted octanol–water partition coefficient (Wildman–Crippen LogP) is 3.14. The molecular weight excluding hydrogens is 262 g/mol. The second kappa shape index (κ2) is 8.82. The zero-order valence-corrected chi connectivity index (χ0v) is 14.4. The first-order valence-electron chi connectivity index (χ1n) is 8.03. The van der Waals surface area contributed by atoms with Crippen LogP contribution >= 0.6 is 0 Å². The minimum Gasteiger partial charge on any atom is -0.369 e. The lowest BCUT2D eigenvalue weighted by Crippen LogP contribution is -2.40. The molecule has 1 aromatic rings. The van der Waals surface area contributed by atoms with Crippen molar-refractivity contribution in [2.75, 3.05) is 30.3 Å². The summed E-state index contributed by atoms with van der Waals surface area (Å²) >= 11 is 0. The number of nitrogens with one attached hydrogen (secondary N) is 2. The number of nitrogens with zero attached hydrogens (tertiary/aromatic N) is 3. The fraction of sp³-hybridized carbons (Fsp3) is 0.750. The van der Waals surface area contributed by atoms with Crippen LogP contribution in [0.1, 0.15) is 46.7 Å². The highest BCUT2D eigenvalue weighted by Crippen LogP contribution is 2.10. The van der Waals surface area contributed by atoms with Crippen molar-refractivity contribution in [2.24, 2.45) is 0 Å². The predicted molar refractivity (Wildman–Crippen MR) is 91.0 cm³/mol. The van der Waals surface area contributed by atoms with Gasteiger partial charge in [0.1, 0.15) is 5.82 Å². The largest absolute Gasteiger partial charge is 0.369 e. The van der Waals surface area contributed by atoms with Gasteiger partial charge in [0.2, 0.25) is 5.95 Å². The maximum absolute atomic E-state index is 4.51. The van der Waals surface area contributed by atoms with Crippen molar-refractivity contribution in [3.63, 3.8) is 0 Å². The van der Waals surface area contributed by atoms with Gasteiger partial charge in [-0.1, -0.05) is 6.92 Å². The van der Waals surface area contributed by atoms with Crippen LogP contribution in [0.2, 0.25) is 0 Å². The third kappa shape index (κ3) is 6.29. The lowest BCUT2D eigenvalue weighted by atomic mass is 10.2. The van der Waals surface area contributed by atoms with E-state index >= 15 is 0 Å². The molecule has 5 nitrogen and oxygen atoms in total. The van der Waals surface area contributed by atoms with Crippen molar-refractivity contribution in [3.8, 4) is 0 Å². The number of anilines is 2. The Bertz CT molecular complexity index is 409. The zero-order chi connectivity index (χ0) is 15.8. The van der Waals surface area contributed by atoms with Crippen LogP contribution in [0.15, 0.2) is 6.07 Å². The molecule has 0 unspecified atom stereocenters. The first kappa shape index (κ1) is 17.7. The number of hydrogen-bond acceptors (Lipinski definition) is 5. The molecule has 1 heterocycles. The minimum absolute atomic E-state index is 0.556.